The molecule has 0 atom stereocenters. The number of guanidine groups is 1. The number of aromatic amines is 1. The van der Waals surface area contributed by atoms with Gasteiger partial charge in [0.25, 0.3) is 0 Å². The first-order chi connectivity index (χ1) is 12.7. The second-order valence-corrected chi connectivity index (χ2v) is 6.34. The minimum absolute atomic E-state index is 0.0802. The number of carbonyl (C=O) groups is 1. The van der Waals surface area contributed by atoms with Gasteiger partial charge in [0.2, 0.25) is 11.9 Å². The van der Waals surface area contributed by atoms with Gasteiger partial charge in [0, 0.05) is 18.4 Å². The maximum Gasteiger partial charge on any atom is 0.226 e. The van der Waals surface area contributed by atoms with Crippen LogP contribution in [-0.4, -0.2) is 41.8 Å². The number of carbonyl (C=O) groups excluding carboxylic acids is 1. The molecule has 3 N–H and O–H groups in total. The monoisotopic (exact) mass is 361 g/mol. The molecule has 0 bridgehead atoms. The Morgan fingerprint density at radius 3 is 3.04 bits per heavy atom. The molecule has 1 saturated carbocycles. The molecule has 8 heteroatoms. The van der Waals surface area contributed by atoms with E-state index in [9.17, 15) is 9.18 Å². The third-order valence-electron chi connectivity index (χ3n) is 4.45. The van der Waals surface area contributed by atoms with E-state index in [1.807, 2.05) is 6.92 Å². The Labute approximate surface area is 151 Å². The van der Waals surface area contributed by atoms with Crippen LogP contribution in [0.15, 0.2) is 23.2 Å². The largest absolute Gasteiger partial charge is 0.380 e. The molecule has 0 radical (unpaired) electrons. The molecule has 7 nitrogen and oxygen atoms in total. The summed E-state index contributed by atoms with van der Waals surface area (Å²) < 4.78 is 19.1. The van der Waals surface area contributed by atoms with Gasteiger partial charge >= 0.3 is 0 Å². The van der Waals surface area contributed by atoms with Crippen molar-refractivity contribution in [2.45, 2.75) is 32.6 Å². The molecule has 1 aliphatic rings. The first-order valence-electron chi connectivity index (χ1n) is 8.99. The zero-order valence-electron chi connectivity index (χ0n) is 14.8. The molecule has 0 spiro atoms. The van der Waals surface area contributed by atoms with E-state index in [4.69, 9.17) is 4.74 Å². The van der Waals surface area contributed by atoms with Gasteiger partial charge in [-0.1, -0.05) is 12.5 Å². The number of nitrogens with zero attached hydrogens (tertiary/aromatic N) is 2. The number of benzene rings is 1. The molecule has 0 aliphatic heterocycles. The van der Waals surface area contributed by atoms with Crippen LogP contribution >= 0.6 is 0 Å². The molecule has 0 saturated heterocycles. The number of nitrogens with one attached hydrogen (secondary N) is 3. The Balaban J connectivity index is 1.70. The molecular weight excluding hydrogens is 337 g/mol. The fourth-order valence-electron chi connectivity index (χ4n) is 2.83. The van der Waals surface area contributed by atoms with E-state index < -0.39 is 0 Å². The summed E-state index contributed by atoms with van der Waals surface area (Å²) in [6, 6.07) is 4.72. The van der Waals surface area contributed by atoms with E-state index in [0.717, 1.165) is 12.8 Å². The van der Waals surface area contributed by atoms with Crippen molar-refractivity contribution in [3.8, 4) is 0 Å². The third kappa shape index (κ3) is 4.57. The van der Waals surface area contributed by atoms with Crippen molar-refractivity contribution in [1.82, 2.24) is 15.5 Å². The van der Waals surface area contributed by atoms with Crippen molar-refractivity contribution in [3.05, 3.63) is 24.0 Å². The van der Waals surface area contributed by atoms with E-state index in [-0.39, 0.29) is 11.7 Å². The molecule has 1 amide bonds. The predicted octanol–water partition coefficient (Wildman–Crippen LogP) is 2.81. The van der Waals surface area contributed by atoms with Crippen molar-refractivity contribution < 1.29 is 13.9 Å². The lowest BCUT2D eigenvalue weighted by atomic mass is 9.83. The van der Waals surface area contributed by atoms with Gasteiger partial charge in [-0.05, 0) is 37.8 Å². The summed E-state index contributed by atoms with van der Waals surface area (Å²) >= 11 is 0. The smallest absolute Gasteiger partial charge is 0.226 e. The molecule has 0 unspecified atom stereocenters. The number of amides is 1. The second kappa shape index (κ2) is 8.75. The number of fused-ring (bicyclic) bond motifs is 1. The zero-order chi connectivity index (χ0) is 18.4. The van der Waals surface area contributed by atoms with Gasteiger partial charge in [0.1, 0.15) is 11.3 Å². The summed E-state index contributed by atoms with van der Waals surface area (Å²) in [5.41, 5.74) is 0.310. The van der Waals surface area contributed by atoms with Crippen molar-refractivity contribution in [3.63, 3.8) is 0 Å². The van der Waals surface area contributed by atoms with Crippen LogP contribution < -0.4 is 10.6 Å². The van der Waals surface area contributed by atoms with Gasteiger partial charge in [-0.25, -0.2) is 4.39 Å². The Kier molecular flexibility index (Phi) is 6.17. The number of ether oxygens (including phenoxy) is 1. The maximum absolute atomic E-state index is 13.8. The van der Waals surface area contributed by atoms with Crippen LogP contribution in [0, 0.1) is 11.7 Å². The van der Waals surface area contributed by atoms with E-state index in [1.165, 1.54) is 12.5 Å². The average molecular weight is 361 g/mol. The number of hydrogen-bond donors (Lipinski definition) is 3. The van der Waals surface area contributed by atoms with E-state index >= 15 is 0 Å². The highest BCUT2D eigenvalue weighted by molar-refractivity contribution is 6.07. The van der Waals surface area contributed by atoms with Gasteiger partial charge in [-0.3, -0.25) is 20.2 Å². The van der Waals surface area contributed by atoms with Crippen LogP contribution in [0.3, 0.4) is 0 Å². The standard InChI is InChI=1S/C18H24FN5O2/c1-2-26-10-9-20-18(21-15(25)11-12-5-3-6-12)22-17-13-7-4-8-14(19)16(13)23-24-17/h4,7-8,12H,2-3,5-6,9-11H2,1H3,(H3,20,21,22,23,24,25). The molecule has 3 rings (SSSR count). The highest BCUT2D eigenvalue weighted by Gasteiger charge is 2.21. The summed E-state index contributed by atoms with van der Waals surface area (Å²) in [4.78, 5) is 16.6. The fraction of sp³-hybridized carbons (Fsp3) is 0.500. The number of anilines is 1. The minimum Gasteiger partial charge on any atom is -0.380 e. The molecule has 2 aromatic rings. The molecule has 1 aromatic heterocycles. The quantitative estimate of drug-likeness (QED) is 0.402. The first-order valence-corrected chi connectivity index (χ1v) is 8.99. The van der Waals surface area contributed by atoms with Crippen LogP contribution in [0.25, 0.3) is 10.9 Å². The zero-order valence-corrected chi connectivity index (χ0v) is 14.8. The average Bonchev–Trinajstić information content (AvgIpc) is 2.99. The Morgan fingerprint density at radius 1 is 1.46 bits per heavy atom. The number of aliphatic imine (C=N–C) groups is 1. The van der Waals surface area contributed by atoms with Crippen molar-refractivity contribution >= 4 is 28.6 Å². The van der Waals surface area contributed by atoms with Crippen LogP contribution in [-0.2, 0) is 9.53 Å². The van der Waals surface area contributed by atoms with Crippen molar-refractivity contribution in [2.75, 3.05) is 25.1 Å². The molecule has 1 heterocycles. The van der Waals surface area contributed by atoms with Gasteiger partial charge in [-0.15, -0.1) is 0 Å². The Bertz CT molecular complexity index is 785. The fourth-order valence-corrected chi connectivity index (χ4v) is 2.83. The number of para-hydroxylation sites is 1. The normalized spacial score (nSPS) is 15.1. The number of hydrogen-bond acceptors (Lipinski definition) is 4. The summed E-state index contributed by atoms with van der Waals surface area (Å²) in [5.74, 6) is 0.709. The lowest BCUT2D eigenvalue weighted by Crippen LogP contribution is -2.38. The summed E-state index contributed by atoms with van der Waals surface area (Å²) in [5, 5.41) is 13.2. The van der Waals surface area contributed by atoms with Crippen LogP contribution in [0.2, 0.25) is 0 Å². The Hall–Kier alpha value is -2.48. The highest BCUT2D eigenvalue weighted by atomic mass is 19.1. The number of rotatable bonds is 7. The van der Waals surface area contributed by atoms with Crippen LogP contribution in [0.4, 0.5) is 10.2 Å². The second-order valence-electron chi connectivity index (χ2n) is 6.34. The number of halogens is 1. The Morgan fingerprint density at radius 2 is 2.31 bits per heavy atom. The summed E-state index contributed by atoms with van der Waals surface area (Å²) in [6.07, 6.45) is 3.88. The third-order valence-corrected chi connectivity index (χ3v) is 4.45. The van der Waals surface area contributed by atoms with Gasteiger partial charge in [0.05, 0.1) is 13.2 Å². The van der Waals surface area contributed by atoms with E-state index in [0.29, 0.717) is 54.8 Å². The highest BCUT2D eigenvalue weighted by Crippen LogP contribution is 2.29. The van der Waals surface area contributed by atoms with E-state index in [1.54, 1.807) is 12.1 Å². The van der Waals surface area contributed by atoms with E-state index in [2.05, 4.69) is 25.8 Å². The SMILES string of the molecule is CCOCCN=C(NC(=O)CC1CCC1)Nc1n[nH]c2c(F)cccc12. The lowest BCUT2D eigenvalue weighted by molar-refractivity contribution is -0.121. The number of aromatic nitrogens is 2. The first kappa shape index (κ1) is 18.3. The van der Waals surface area contributed by atoms with Crippen LogP contribution in [0.5, 0.6) is 0 Å². The van der Waals surface area contributed by atoms with Gasteiger partial charge in [-0.2, -0.15) is 5.10 Å². The molecule has 1 aliphatic carbocycles. The lowest BCUT2D eigenvalue weighted by Gasteiger charge is -2.24. The number of H-pyrrole nitrogens is 1. The summed E-state index contributed by atoms with van der Waals surface area (Å²) in [7, 11) is 0. The van der Waals surface area contributed by atoms with Gasteiger partial charge in [0.15, 0.2) is 5.82 Å². The summed E-state index contributed by atoms with van der Waals surface area (Å²) in [6.45, 7) is 3.37. The maximum atomic E-state index is 13.8. The molecular formula is C18H24FN5O2. The predicted molar refractivity (Wildman–Crippen MR) is 98.6 cm³/mol. The van der Waals surface area contributed by atoms with Crippen LogP contribution in [0.1, 0.15) is 32.6 Å². The topological polar surface area (TPSA) is 91.4 Å². The molecule has 26 heavy (non-hydrogen) atoms. The van der Waals surface area contributed by atoms with Gasteiger partial charge < -0.3 is 10.1 Å². The van der Waals surface area contributed by atoms with Crippen molar-refractivity contribution in [2.24, 2.45) is 10.9 Å². The molecule has 1 fully saturated rings. The van der Waals surface area contributed by atoms with Crippen molar-refractivity contribution in [1.29, 1.82) is 0 Å². The molecule has 140 valence electrons. The molecule has 1 aromatic carbocycles. The minimum atomic E-state index is -0.382.